The Kier molecular flexibility index (Phi) is 4.18. The summed E-state index contributed by atoms with van der Waals surface area (Å²) in [4.78, 5) is 14.6. The molecule has 4 heteroatoms. The van der Waals surface area contributed by atoms with Crippen molar-refractivity contribution < 1.29 is 4.79 Å². The lowest BCUT2D eigenvalue weighted by Gasteiger charge is -2.35. The molecule has 0 aromatic heterocycles. The number of rotatable bonds is 2. The average Bonchev–Trinajstić information content (AvgIpc) is 2.61. The van der Waals surface area contributed by atoms with E-state index in [1.807, 2.05) is 36.1 Å². The van der Waals surface area contributed by atoms with Crippen LogP contribution in [-0.4, -0.2) is 12.5 Å². The summed E-state index contributed by atoms with van der Waals surface area (Å²) in [5, 5.41) is 3.54. The van der Waals surface area contributed by atoms with Gasteiger partial charge in [0.15, 0.2) is 0 Å². The standard InChI is InChI=1S/C21H17Cl2NO/c1-2-24-19-10-7-13-5-3-4-6-15(13)21(19)17(12-20(24)25)16-9-8-14(22)11-18(16)23/h3-11,17H,2,12H2,1H3. The minimum atomic E-state index is -0.0684. The van der Waals surface area contributed by atoms with E-state index in [4.69, 9.17) is 23.2 Å². The van der Waals surface area contributed by atoms with E-state index in [9.17, 15) is 4.79 Å². The molecule has 1 atom stereocenters. The minimum absolute atomic E-state index is 0.0684. The fourth-order valence-electron chi connectivity index (χ4n) is 3.80. The maximum Gasteiger partial charge on any atom is 0.227 e. The zero-order valence-electron chi connectivity index (χ0n) is 13.8. The Morgan fingerprint density at radius 2 is 1.88 bits per heavy atom. The van der Waals surface area contributed by atoms with Crippen LogP contribution in [0.2, 0.25) is 10.0 Å². The van der Waals surface area contributed by atoms with E-state index >= 15 is 0 Å². The molecule has 0 saturated heterocycles. The molecular weight excluding hydrogens is 353 g/mol. The van der Waals surface area contributed by atoms with Crippen LogP contribution in [0.15, 0.2) is 54.6 Å². The van der Waals surface area contributed by atoms with Gasteiger partial charge < -0.3 is 4.90 Å². The molecule has 4 rings (SSSR count). The first kappa shape index (κ1) is 16.4. The van der Waals surface area contributed by atoms with Crippen molar-refractivity contribution in [2.45, 2.75) is 19.3 Å². The molecule has 0 aliphatic carbocycles. The van der Waals surface area contributed by atoms with Gasteiger partial charge in [-0.25, -0.2) is 0 Å². The molecule has 1 unspecified atom stereocenters. The number of hydrogen-bond donors (Lipinski definition) is 0. The number of fused-ring (bicyclic) bond motifs is 3. The monoisotopic (exact) mass is 369 g/mol. The number of nitrogens with zero attached hydrogens (tertiary/aromatic N) is 1. The van der Waals surface area contributed by atoms with Crippen LogP contribution in [0.1, 0.15) is 30.4 Å². The highest BCUT2D eigenvalue weighted by Crippen LogP contribution is 2.45. The highest BCUT2D eigenvalue weighted by atomic mass is 35.5. The lowest BCUT2D eigenvalue weighted by Crippen LogP contribution is -2.36. The second kappa shape index (κ2) is 6.36. The fourth-order valence-corrected chi connectivity index (χ4v) is 4.34. The second-order valence-electron chi connectivity index (χ2n) is 6.28. The van der Waals surface area contributed by atoms with Crippen molar-refractivity contribution >= 4 is 45.6 Å². The van der Waals surface area contributed by atoms with Gasteiger partial charge in [0.05, 0.1) is 0 Å². The molecule has 0 N–H and O–H groups in total. The van der Waals surface area contributed by atoms with Crippen molar-refractivity contribution in [3.05, 3.63) is 75.8 Å². The van der Waals surface area contributed by atoms with Gasteiger partial charge >= 0.3 is 0 Å². The van der Waals surface area contributed by atoms with Crippen LogP contribution in [0.4, 0.5) is 5.69 Å². The van der Waals surface area contributed by atoms with Crippen LogP contribution in [0, 0.1) is 0 Å². The van der Waals surface area contributed by atoms with Crippen molar-refractivity contribution in [3.8, 4) is 0 Å². The molecule has 2 nitrogen and oxygen atoms in total. The van der Waals surface area contributed by atoms with Gasteiger partial charge in [-0.15, -0.1) is 0 Å². The van der Waals surface area contributed by atoms with Crippen LogP contribution >= 0.6 is 23.2 Å². The van der Waals surface area contributed by atoms with Crippen LogP contribution in [-0.2, 0) is 4.79 Å². The number of benzene rings is 3. The third-order valence-electron chi connectivity index (χ3n) is 4.92. The lowest BCUT2D eigenvalue weighted by molar-refractivity contribution is -0.119. The highest BCUT2D eigenvalue weighted by Gasteiger charge is 2.33. The van der Waals surface area contributed by atoms with E-state index < -0.39 is 0 Å². The first-order valence-corrected chi connectivity index (χ1v) is 9.12. The molecule has 1 heterocycles. The fraction of sp³-hybridized carbons (Fsp3) is 0.190. The van der Waals surface area contributed by atoms with Gasteiger partial charge in [0.2, 0.25) is 5.91 Å². The van der Waals surface area contributed by atoms with Crippen LogP contribution in [0.25, 0.3) is 10.8 Å². The Labute approximate surface area is 157 Å². The largest absolute Gasteiger partial charge is 0.312 e. The summed E-state index contributed by atoms with van der Waals surface area (Å²) in [6.45, 7) is 2.66. The van der Waals surface area contributed by atoms with Gasteiger partial charge in [-0.3, -0.25) is 4.79 Å². The summed E-state index contributed by atoms with van der Waals surface area (Å²) in [5.41, 5.74) is 3.10. The number of anilines is 1. The number of amides is 1. The molecule has 0 saturated carbocycles. The topological polar surface area (TPSA) is 20.3 Å². The Hall–Kier alpha value is -2.03. The summed E-state index contributed by atoms with van der Waals surface area (Å²) in [5.74, 6) is 0.0578. The predicted molar refractivity (Wildman–Crippen MR) is 105 cm³/mol. The van der Waals surface area contributed by atoms with E-state index in [-0.39, 0.29) is 11.8 Å². The van der Waals surface area contributed by atoms with E-state index in [0.29, 0.717) is 23.0 Å². The van der Waals surface area contributed by atoms with Crippen LogP contribution in [0.3, 0.4) is 0 Å². The molecule has 3 aromatic rings. The molecule has 0 spiro atoms. The van der Waals surface area contributed by atoms with E-state index in [1.54, 1.807) is 6.07 Å². The summed E-state index contributed by atoms with van der Waals surface area (Å²) >= 11 is 12.6. The SMILES string of the molecule is CCN1C(=O)CC(c2ccc(Cl)cc2Cl)c2c1ccc1ccccc21. The van der Waals surface area contributed by atoms with Crippen molar-refractivity contribution in [2.24, 2.45) is 0 Å². The lowest BCUT2D eigenvalue weighted by atomic mass is 9.81. The quantitative estimate of drug-likeness (QED) is 0.539. The molecule has 0 radical (unpaired) electrons. The normalized spacial score (nSPS) is 17.0. The molecule has 25 heavy (non-hydrogen) atoms. The molecule has 3 aromatic carbocycles. The molecule has 0 bridgehead atoms. The van der Waals surface area contributed by atoms with E-state index in [2.05, 4.69) is 24.3 Å². The molecule has 1 amide bonds. The maximum absolute atomic E-state index is 12.7. The average molecular weight is 370 g/mol. The summed E-state index contributed by atoms with van der Waals surface area (Å²) in [6.07, 6.45) is 0.413. The Balaban J connectivity index is 2.02. The van der Waals surface area contributed by atoms with Crippen molar-refractivity contribution in [3.63, 3.8) is 0 Å². The van der Waals surface area contributed by atoms with Gasteiger partial charge in [0.25, 0.3) is 0 Å². The first-order valence-electron chi connectivity index (χ1n) is 8.37. The molecule has 1 aliphatic rings. The van der Waals surface area contributed by atoms with Crippen molar-refractivity contribution in [1.29, 1.82) is 0 Å². The number of halogens is 2. The van der Waals surface area contributed by atoms with Gasteiger partial charge in [0.1, 0.15) is 0 Å². The minimum Gasteiger partial charge on any atom is -0.312 e. The highest BCUT2D eigenvalue weighted by molar-refractivity contribution is 6.35. The second-order valence-corrected chi connectivity index (χ2v) is 7.12. The number of carbonyl (C=O) groups excluding carboxylic acids is 1. The Bertz CT molecular complexity index is 983. The van der Waals surface area contributed by atoms with Gasteiger partial charge in [-0.05, 0) is 47.0 Å². The Morgan fingerprint density at radius 3 is 2.64 bits per heavy atom. The van der Waals surface area contributed by atoms with E-state index in [1.165, 1.54) is 16.3 Å². The zero-order chi connectivity index (χ0) is 17.6. The predicted octanol–water partition coefficient (Wildman–Crippen LogP) is 6.04. The molecular formula is C21H17Cl2NO. The third kappa shape index (κ3) is 2.70. The first-order chi connectivity index (χ1) is 12.1. The van der Waals surface area contributed by atoms with E-state index in [0.717, 1.165) is 11.3 Å². The van der Waals surface area contributed by atoms with Gasteiger partial charge in [0, 0.05) is 34.6 Å². The molecule has 126 valence electrons. The summed E-state index contributed by atoms with van der Waals surface area (Å²) < 4.78 is 0. The Morgan fingerprint density at radius 1 is 1.08 bits per heavy atom. The maximum atomic E-state index is 12.7. The van der Waals surface area contributed by atoms with Crippen LogP contribution in [0.5, 0.6) is 0 Å². The number of hydrogen-bond acceptors (Lipinski definition) is 1. The van der Waals surface area contributed by atoms with Crippen molar-refractivity contribution in [2.75, 3.05) is 11.4 Å². The molecule has 1 aliphatic heterocycles. The van der Waals surface area contributed by atoms with Crippen LogP contribution < -0.4 is 4.90 Å². The summed E-state index contributed by atoms with van der Waals surface area (Å²) in [7, 11) is 0. The number of carbonyl (C=O) groups is 1. The van der Waals surface area contributed by atoms with Crippen molar-refractivity contribution in [1.82, 2.24) is 0 Å². The molecule has 0 fully saturated rings. The third-order valence-corrected chi connectivity index (χ3v) is 5.48. The summed E-state index contributed by atoms with van der Waals surface area (Å²) in [6, 6.07) is 17.9. The van der Waals surface area contributed by atoms with Gasteiger partial charge in [-0.1, -0.05) is 59.6 Å². The smallest absolute Gasteiger partial charge is 0.227 e. The van der Waals surface area contributed by atoms with Gasteiger partial charge in [-0.2, -0.15) is 0 Å². The zero-order valence-corrected chi connectivity index (χ0v) is 15.3.